The van der Waals surface area contributed by atoms with Crippen molar-refractivity contribution < 1.29 is 19.4 Å². The van der Waals surface area contributed by atoms with Gasteiger partial charge in [0.2, 0.25) is 5.91 Å². The summed E-state index contributed by atoms with van der Waals surface area (Å²) in [6.07, 6.45) is 0.143. The van der Waals surface area contributed by atoms with Crippen molar-refractivity contribution in [3.63, 3.8) is 0 Å². The Balaban J connectivity index is 2.25. The first-order chi connectivity index (χ1) is 8.70. The zero-order chi connectivity index (χ0) is 13.0. The van der Waals surface area contributed by atoms with E-state index < -0.39 is 0 Å². The van der Waals surface area contributed by atoms with Crippen LogP contribution >= 0.6 is 0 Å². The Hall–Kier alpha value is -1.43. The Kier molecular flexibility index (Phi) is 4.30. The number of anilines is 1. The molecule has 0 radical (unpaired) electrons. The van der Waals surface area contributed by atoms with Gasteiger partial charge in [-0.2, -0.15) is 0 Å². The minimum absolute atomic E-state index is 0.0449. The molecule has 0 unspecified atom stereocenters. The number of rotatable bonds is 4. The lowest BCUT2D eigenvalue weighted by molar-refractivity contribution is -0.114. The molecule has 18 heavy (non-hydrogen) atoms. The van der Waals surface area contributed by atoms with Crippen molar-refractivity contribution in [3.05, 3.63) is 29.3 Å². The Labute approximate surface area is 106 Å². The Morgan fingerprint density at radius 1 is 1.44 bits per heavy atom. The molecule has 0 spiro atoms. The highest BCUT2D eigenvalue weighted by molar-refractivity contribution is 5.88. The molecule has 1 aliphatic rings. The fourth-order valence-corrected chi connectivity index (χ4v) is 1.99. The molecule has 1 heterocycles. The molecular formula is C13H17NO4. The number of aliphatic hydroxyl groups excluding tert-OH is 1. The van der Waals surface area contributed by atoms with Crippen LogP contribution in [-0.2, 0) is 20.7 Å². The minimum Gasteiger partial charge on any atom is -0.396 e. The summed E-state index contributed by atoms with van der Waals surface area (Å²) >= 11 is 0. The Bertz CT molecular complexity index is 427. The molecule has 5 nitrogen and oxygen atoms in total. The second kappa shape index (κ2) is 5.95. The van der Waals surface area contributed by atoms with E-state index in [0.717, 1.165) is 11.1 Å². The number of hydrogen-bond acceptors (Lipinski definition) is 4. The smallest absolute Gasteiger partial charge is 0.221 e. The topological polar surface area (TPSA) is 67.8 Å². The zero-order valence-corrected chi connectivity index (χ0v) is 10.3. The molecule has 0 saturated carbocycles. The van der Waals surface area contributed by atoms with Gasteiger partial charge in [-0.15, -0.1) is 0 Å². The van der Waals surface area contributed by atoms with Gasteiger partial charge in [0.1, 0.15) is 0 Å². The van der Waals surface area contributed by atoms with E-state index >= 15 is 0 Å². The number of amides is 1. The number of hydrogen-bond donors (Lipinski definition) is 2. The Morgan fingerprint density at radius 2 is 2.17 bits per heavy atom. The molecule has 1 fully saturated rings. The molecule has 2 rings (SSSR count). The maximum atomic E-state index is 11.0. The van der Waals surface area contributed by atoms with Crippen molar-refractivity contribution in [1.29, 1.82) is 0 Å². The van der Waals surface area contributed by atoms with Gasteiger partial charge in [0.25, 0.3) is 0 Å². The summed E-state index contributed by atoms with van der Waals surface area (Å²) in [6.45, 7) is 2.67. The summed E-state index contributed by atoms with van der Waals surface area (Å²) in [7, 11) is 0. The third-order valence-electron chi connectivity index (χ3n) is 2.72. The Morgan fingerprint density at radius 3 is 2.78 bits per heavy atom. The van der Waals surface area contributed by atoms with Crippen LogP contribution in [0.15, 0.2) is 18.2 Å². The summed E-state index contributed by atoms with van der Waals surface area (Å²) in [6, 6.07) is 5.52. The molecule has 1 aliphatic heterocycles. The molecule has 1 aromatic rings. The monoisotopic (exact) mass is 251 g/mol. The molecule has 2 N–H and O–H groups in total. The summed E-state index contributed by atoms with van der Waals surface area (Å²) < 4.78 is 10.9. The number of nitrogens with one attached hydrogen (secondary N) is 1. The van der Waals surface area contributed by atoms with Crippen LogP contribution < -0.4 is 5.32 Å². The summed E-state index contributed by atoms with van der Waals surface area (Å²) in [5.41, 5.74) is 2.55. The number of benzene rings is 1. The molecular weight excluding hydrogens is 234 g/mol. The van der Waals surface area contributed by atoms with Gasteiger partial charge in [0, 0.05) is 24.8 Å². The summed E-state index contributed by atoms with van der Waals surface area (Å²) in [5.74, 6) is -0.119. The lowest BCUT2D eigenvalue weighted by atomic mass is 10.0. The highest BCUT2D eigenvalue weighted by atomic mass is 16.7. The molecule has 0 bridgehead atoms. The van der Waals surface area contributed by atoms with Crippen LogP contribution in [0.5, 0.6) is 0 Å². The molecule has 1 saturated heterocycles. The minimum atomic E-state index is -0.363. The fourth-order valence-electron chi connectivity index (χ4n) is 1.99. The number of carbonyl (C=O) groups is 1. The van der Waals surface area contributed by atoms with Crippen LogP contribution in [0.1, 0.15) is 24.3 Å². The van der Waals surface area contributed by atoms with Crippen LogP contribution in [0, 0.1) is 0 Å². The maximum absolute atomic E-state index is 11.0. The van der Waals surface area contributed by atoms with Gasteiger partial charge in [-0.05, 0) is 24.1 Å². The summed E-state index contributed by atoms with van der Waals surface area (Å²) in [5, 5.41) is 11.8. The highest BCUT2D eigenvalue weighted by Gasteiger charge is 2.21. The van der Waals surface area contributed by atoms with Gasteiger partial charge >= 0.3 is 0 Å². The third-order valence-corrected chi connectivity index (χ3v) is 2.72. The molecule has 0 aliphatic carbocycles. The molecule has 1 aromatic carbocycles. The second-order valence-corrected chi connectivity index (χ2v) is 4.14. The van der Waals surface area contributed by atoms with Crippen LogP contribution in [0.3, 0.4) is 0 Å². The van der Waals surface area contributed by atoms with Crippen molar-refractivity contribution in [2.24, 2.45) is 0 Å². The second-order valence-electron chi connectivity index (χ2n) is 4.14. The quantitative estimate of drug-likeness (QED) is 0.844. The lowest BCUT2D eigenvalue weighted by Gasteiger charge is -2.15. The first-order valence-electron chi connectivity index (χ1n) is 5.95. The van der Waals surface area contributed by atoms with Gasteiger partial charge in [0.15, 0.2) is 6.29 Å². The van der Waals surface area contributed by atoms with Crippen LogP contribution in [0.25, 0.3) is 0 Å². The van der Waals surface area contributed by atoms with Crippen molar-refractivity contribution >= 4 is 11.6 Å². The number of carbonyl (C=O) groups excluding carboxylic acids is 1. The van der Waals surface area contributed by atoms with E-state index in [9.17, 15) is 4.79 Å². The van der Waals surface area contributed by atoms with E-state index in [1.165, 1.54) is 6.92 Å². The average Bonchev–Trinajstić information content (AvgIpc) is 2.82. The van der Waals surface area contributed by atoms with Crippen LogP contribution in [0.2, 0.25) is 0 Å². The maximum Gasteiger partial charge on any atom is 0.221 e. The molecule has 5 heteroatoms. The van der Waals surface area contributed by atoms with Gasteiger partial charge in [-0.1, -0.05) is 6.07 Å². The van der Waals surface area contributed by atoms with Crippen molar-refractivity contribution in [3.8, 4) is 0 Å². The van der Waals surface area contributed by atoms with E-state index in [1.54, 1.807) is 0 Å². The normalized spacial score (nSPS) is 15.9. The van der Waals surface area contributed by atoms with E-state index in [4.69, 9.17) is 14.6 Å². The molecule has 98 valence electrons. The zero-order valence-electron chi connectivity index (χ0n) is 10.3. The van der Waals surface area contributed by atoms with Crippen molar-refractivity contribution in [1.82, 2.24) is 0 Å². The number of ether oxygens (including phenoxy) is 2. The third kappa shape index (κ3) is 3.07. The van der Waals surface area contributed by atoms with Crippen molar-refractivity contribution in [2.45, 2.75) is 19.6 Å². The molecule has 0 atom stereocenters. The van der Waals surface area contributed by atoms with Crippen molar-refractivity contribution in [2.75, 3.05) is 25.1 Å². The van der Waals surface area contributed by atoms with Gasteiger partial charge in [-0.3, -0.25) is 4.79 Å². The van der Waals surface area contributed by atoms with Gasteiger partial charge < -0.3 is 19.9 Å². The number of aliphatic hydroxyl groups is 1. The van der Waals surface area contributed by atoms with Gasteiger partial charge in [0.05, 0.1) is 13.2 Å². The average molecular weight is 251 g/mol. The molecule has 1 amide bonds. The predicted molar refractivity (Wildman–Crippen MR) is 66.2 cm³/mol. The largest absolute Gasteiger partial charge is 0.396 e. The fraction of sp³-hybridized carbons (Fsp3) is 0.462. The van der Waals surface area contributed by atoms with Crippen LogP contribution in [-0.4, -0.2) is 30.8 Å². The highest BCUT2D eigenvalue weighted by Crippen LogP contribution is 2.28. The SMILES string of the molecule is CC(=O)Nc1ccc(C2OCCO2)c(CCO)c1. The van der Waals surface area contributed by atoms with E-state index in [-0.39, 0.29) is 18.8 Å². The van der Waals surface area contributed by atoms with E-state index in [0.29, 0.717) is 25.3 Å². The van der Waals surface area contributed by atoms with Crippen LogP contribution in [0.4, 0.5) is 5.69 Å². The standard InChI is InChI=1S/C13H17NO4/c1-9(16)14-11-2-3-12(10(8-11)4-5-15)13-17-6-7-18-13/h2-3,8,13,15H,4-7H2,1H3,(H,14,16). The first kappa shape index (κ1) is 13.0. The predicted octanol–water partition coefficient (Wildman–Crippen LogP) is 1.23. The van der Waals surface area contributed by atoms with E-state index in [1.807, 2.05) is 18.2 Å². The van der Waals surface area contributed by atoms with E-state index in [2.05, 4.69) is 5.32 Å². The summed E-state index contributed by atoms with van der Waals surface area (Å²) in [4.78, 5) is 11.0. The first-order valence-corrected chi connectivity index (χ1v) is 5.95. The van der Waals surface area contributed by atoms with Gasteiger partial charge in [-0.25, -0.2) is 0 Å². The lowest BCUT2D eigenvalue weighted by Crippen LogP contribution is -2.09. The molecule has 0 aromatic heterocycles.